The Kier molecular flexibility index (Phi) is 3.66. The van der Waals surface area contributed by atoms with Crippen LogP contribution in [0.3, 0.4) is 0 Å². The Morgan fingerprint density at radius 1 is 1.53 bits per heavy atom. The highest BCUT2D eigenvalue weighted by Gasteiger charge is 2.25. The van der Waals surface area contributed by atoms with Crippen molar-refractivity contribution in [3.05, 3.63) is 28.0 Å². The average molecular weight is 303 g/mol. The third-order valence-corrected chi connectivity index (χ3v) is 3.04. The van der Waals surface area contributed by atoms with Gasteiger partial charge in [-0.2, -0.15) is 0 Å². The van der Waals surface area contributed by atoms with Gasteiger partial charge in [-0.15, -0.1) is 0 Å². The Bertz CT molecular complexity index is 444. The number of rotatable bonds is 4. The lowest BCUT2D eigenvalue weighted by atomic mass is 10.2. The van der Waals surface area contributed by atoms with Gasteiger partial charge in [-0.05, 0) is 30.9 Å². The molecule has 0 radical (unpaired) electrons. The normalized spacial score (nSPS) is 14.5. The SMILES string of the molecule is COC(=O)c1c(F)cc(Br)cc1OCC1CC1. The Morgan fingerprint density at radius 3 is 2.82 bits per heavy atom. The number of ether oxygens (including phenoxy) is 2. The predicted molar refractivity (Wildman–Crippen MR) is 63.7 cm³/mol. The molecular formula is C12H12BrFO3. The van der Waals surface area contributed by atoms with Gasteiger partial charge in [0.1, 0.15) is 17.1 Å². The molecular weight excluding hydrogens is 291 g/mol. The summed E-state index contributed by atoms with van der Waals surface area (Å²) in [6, 6.07) is 2.80. The number of halogens is 2. The molecule has 0 spiro atoms. The molecule has 0 unspecified atom stereocenters. The van der Waals surface area contributed by atoms with E-state index in [1.54, 1.807) is 6.07 Å². The van der Waals surface area contributed by atoms with Gasteiger partial charge in [0.2, 0.25) is 0 Å². The van der Waals surface area contributed by atoms with E-state index in [2.05, 4.69) is 20.7 Å². The molecule has 0 amide bonds. The minimum absolute atomic E-state index is 0.142. The molecule has 1 fully saturated rings. The third-order valence-electron chi connectivity index (χ3n) is 2.58. The van der Waals surface area contributed by atoms with E-state index in [1.165, 1.54) is 13.2 Å². The molecule has 0 heterocycles. The fraction of sp³-hybridized carbons (Fsp3) is 0.417. The molecule has 0 aliphatic heterocycles. The summed E-state index contributed by atoms with van der Waals surface area (Å²) < 4.78 is 24.2. The van der Waals surface area contributed by atoms with Gasteiger partial charge >= 0.3 is 5.97 Å². The van der Waals surface area contributed by atoms with Crippen molar-refractivity contribution >= 4 is 21.9 Å². The summed E-state index contributed by atoms with van der Waals surface area (Å²) in [5, 5.41) is 0. The average Bonchev–Trinajstić information content (AvgIpc) is 3.08. The summed E-state index contributed by atoms with van der Waals surface area (Å²) in [5.74, 6) is -0.601. The molecule has 5 heteroatoms. The molecule has 1 aliphatic rings. The first-order chi connectivity index (χ1) is 8.11. The van der Waals surface area contributed by atoms with Crippen LogP contribution >= 0.6 is 15.9 Å². The maximum Gasteiger partial charge on any atom is 0.344 e. The second-order valence-electron chi connectivity index (χ2n) is 4.01. The van der Waals surface area contributed by atoms with Crippen LogP contribution in [0, 0.1) is 11.7 Å². The summed E-state index contributed by atoms with van der Waals surface area (Å²) in [7, 11) is 1.22. The highest BCUT2D eigenvalue weighted by Crippen LogP contribution is 2.32. The summed E-state index contributed by atoms with van der Waals surface area (Å²) in [4.78, 5) is 11.5. The van der Waals surface area contributed by atoms with Crippen molar-refractivity contribution in [3.8, 4) is 5.75 Å². The molecule has 0 atom stereocenters. The number of carbonyl (C=O) groups is 1. The first-order valence-electron chi connectivity index (χ1n) is 5.32. The monoisotopic (exact) mass is 302 g/mol. The summed E-state index contributed by atoms with van der Waals surface area (Å²) >= 11 is 3.17. The molecule has 1 aliphatic carbocycles. The van der Waals surface area contributed by atoms with Gasteiger partial charge in [0, 0.05) is 4.47 Å². The smallest absolute Gasteiger partial charge is 0.344 e. The quantitative estimate of drug-likeness (QED) is 0.802. The lowest BCUT2D eigenvalue weighted by Crippen LogP contribution is -2.10. The first kappa shape index (κ1) is 12.4. The van der Waals surface area contributed by atoms with Crippen molar-refractivity contribution in [2.24, 2.45) is 5.92 Å². The van der Waals surface area contributed by atoms with Crippen molar-refractivity contribution in [2.45, 2.75) is 12.8 Å². The van der Waals surface area contributed by atoms with Gasteiger partial charge in [-0.25, -0.2) is 9.18 Å². The Labute approximate surface area is 107 Å². The van der Waals surface area contributed by atoms with Gasteiger partial charge in [0.15, 0.2) is 0 Å². The van der Waals surface area contributed by atoms with E-state index in [9.17, 15) is 9.18 Å². The number of esters is 1. The summed E-state index contributed by atoms with van der Waals surface area (Å²) in [6.07, 6.45) is 2.26. The maximum absolute atomic E-state index is 13.7. The van der Waals surface area contributed by atoms with Crippen molar-refractivity contribution in [1.82, 2.24) is 0 Å². The van der Waals surface area contributed by atoms with Crippen LogP contribution in [0.15, 0.2) is 16.6 Å². The minimum Gasteiger partial charge on any atom is -0.492 e. The van der Waals surface area contributed by atoms with E-state index >= 15 is 0 Å². The molecule has 17 heavy (non-hydrogen) atoms. The minimum atomic E-state index is -0.721. The predicted octanol–water partition coefficient (Wildman–Crippen LogP) is 3.16. The number of carbonyl (C=O) groups excluding carboxylic acids is 1. The Balaban J connectivity index is 2.28. The summed E-state index contributed by atoms with van der Waals surface area (Å²) in [5.41, 5.74) is -0.142. The molecule has 3 nitrogen and oxygen atoms in total. The number of methoxy groups -OCH3 is 1. The maximum atomic E-state index is 13.7. The van der Waals surface area contributed by atoms with Crippen molar-refractivity contribution < 1.29 is 18.7 Å². The number of benzene rings is 1. The fourth-order valence-electron chi connectivity index (χ4n) is 1.46. The molecule has 0 aromatic heterocycles. The standard InChI is InChI=1S/C12H12BrFO3/c1-16-12(15)11-9(14)4-8(13)5-10(11)17-6-7-2-3-7/h4-5,7H,2-3,6H2,1H3. The fourth-order valence-corrected chi connectivity index (χ4v) is 1.87. The van der Waals surface area contributed by atoms with E-state index in [-0.39, 0.29) is 11.3 Å². The zero-order chi connectivity index (χ0) is 12.4. The van der Waals surface area contributed by atoms with E-state index in [0.717, 1.165) is 12.8 Å². The topological polar surface area (TPSA) is 35.5 Å². The van der Waals surface area contributed by atoms with E-state index in [4.69, 9.17) is 4.74 Å². The number of hydrogen-bond acceptors (Lipinski definition) is 3. The Hall–Kier alpha value is -1.10. The second-order valence-corrected chi connectivity index (χ2v) is 4.92. The van der Waals surface area contributed by atoms with Crippen LogP contribution in [0.2, 0.25) is 0 Å². The van der Waals surface area contributed by atoms with Crippen LogP contribution in [0.5, 0.6) is 5.75 Å². The Morgan fingerprint density at radius 2 is 2.24 bits per heavy atom. The lowest BCUT2D eigenvalue weighted by Gasteiger charge is -2.11. The van der Waals surface area contributed by atoms with E-state index in [0.29, 0.717) is 17.0 Å². The molecule has 0 N–H and O–H groups in total. The molecule has 92 valence electrons. The zero-order valence-electron chi connectivity index (χ0n) is 9.33. The van der Waals surface area contributed by atoms with Gasteiger partial charge in [0.25, 0.3) is 0 Å². The van der Waals surface area contributed by atoms with Crippen molar-refractivity contribution in [3.63, 3.8) is 0 Å². The molecule has 1 aromatic carbocycles. The van der Waals surface area contributed by atoms with Crippen LogP contribution in [-0.4, -0.2) is 19.7 Å². The number of hydrogen-bond donors (Lipinski definition) is 0. The highest BCUT2D eigenvalue weighted by molar-refractivity contribution is 9.10. The van der Waals surface area contributed by atoms with Gasteiger partial charge in [-0.3, -0.25) is 0 Å². The highest BCUT2D eigenvalue weighted by atomic mass is 79.9. The molecule has 0 saturated heterocycles. The van der Waals surface area contributed by atoms with Crippen LogP contribution in [0.25, 0.3) is 0 Å². The van der Waals surface area contributed by atoms with Gasteiger partial charge in [0.05, 0.1) is 13.7 Å². The molecule has 1 aromatic rings. The van der Waals surface area contributed by atoms with Crippen LogP contribution in [0.1, 0.15) is 23.2 Å². The van der Waals surface area contributed by atoms with E-state index < -0.39 is 11.8 Å². The van der Waals surface area contributed by atoms with Crippen molar-refractivity contribution in [1.29, 1.82) is 0 Å². The molecule has 1 saturated carbocycles. The van der Waals surface area contributed by atoms with Crippen molar-refractivity contribution in [2.75, 3.05) is 13.7 Å². The van der Waals surface area contributed by atoms with Gasteiger partial charge < -0.3 is 9.47 Å². The van der Waals surface area contributed by atoms with Gasteiger partial charge in [-0.1, -0.05) is 15.9 Å². The van der Waals surface area contributed by atoms with Crippen LogP contribution in [-0.2, 0) is 4.74 Å². The lowest BCUT2D eigenvalue weighted by molar-refractivity contribution is 0.0590. The molecule has 2 rings (SSSR count). The zero-order valence-corrected chi connectivity index (χ0v) is 10.9. The van der Waals surface area contributed by atoms with Crippen LogP contribution in [0.4, 0.5) is 4.39 Å². The molecule has 0 bridgehead atoms. The third kappa shape index (κ3) is 2.97. The summed E-state index contributed by atoms with van der Waals surface area (Å²) in [6.45, 7) is 0.514. The largest absolute Gasteiger partial charge is 0.492 e. The van der Waals surface area contributed by atoms with Crippen LogP contribution < -0.4 is 4.74 Å². The first-order valence-corrected chi connectivity index (χ1v) is 6.11. The second kappa shape index (κ2) is 5.04. The van der Waals surface area contributed by atoms with E-state index in [1.807, 2.05) is 0 Å².